The minimum absolute atomic E-state index is 0.0303. The molecule has 0 unspecified atom stereocenters. The number of aldehydes is 4. The van der Waals surface area contributed by atoms with E-state index < -0.39 is 0 Å². The van der Waals surface area contributed by atoms with E-state index in [1.807, 2.05) is 0 Å². The van der Waals surface area contributed by atoms with Crippen LogP contribution >= 0.6 is 0 Å². The van der Waals surface area contributed by atoms with Crippen molar-refractivity contribution < 1.29 is 24.0 Å². The highest BCUT2D eigenvalue weighted by Crippen LogP contribution is 2.28. The Kier molecular flexibility index (Phi) is 3.89. The second-order valence-electron chi connectivity index (χ2n) is 3.81. The number of aromatic nitrogens is 3. The minimum Gasteiger partial charge on any atom is -0.298 e. The molecule has 0 spiro atoms. The molecule has 0 radical (unpaired) electrons. The topological polar surface area (TPSA) is 116 Å². The third kappa shape index (κ3) is 2.18. The molecule has 0 aliphatic rings. The molecule has 0 N–H and O–H groups in total. The van der Waals surface area contributed by atoms with Crippen LogP contribution in [0.15, 0.2) is 12.3 Å². The fourth-order valence-corrected chi connectivity index (χ4v) is 1.93. The van der Waals surface area contributed by atoms with E-state index in [9.17, 15) is 24.0 Å². The zero-order valence-electron chi connectivity index (χ0n) is 10.4. The van der Waals surface area contributed by atoms with Gasteiger partial charge in [-0.05, 0) is 6.07 Å². The second kappa shape index (κ2) is 5.78. The summed E-state index contributed by atoms with van der Waals surface area (Å²) in [5.74, 6) is -0.320. The van der Waals surface area contributed by atoms with Crippen LogP contribution in [0.2, 0.25) is 0 Å². The molecule has 8 heteroatoms. The summed E-state index contributed by atoms with van der Waals surface area (Å²) in [5.41, 5.74) is -0.515. The summed E-state index contributed by atoms with van der Waals surface area (Å²) in [7, 11) is 0. The number of hydrogen-bond acceptors (Lipinski definition) is 7. The van der Waals surface area contributed by atoms with Crippen LogP contribution in [-0.2, 0) is 4.79 Å². The first kappa shape index (κ1) is 14.1. The molecule has 2 heterocycles. The molecule has 0 atom stereocenters. The van der Waals surface area contributed by atoms with Gasteiger partial charge in [-0.25, -0.2) is 4.98 Å². The van der Waals surface area contributed by atoms with Gasteiger partial charge in [0.15, 0.2) is 31.0 Å². The minimum atomic E-state index is -0.320. The quantitative estimate of drug-likeness (QED) is 0.697. The van der Waals surface area contributed by atoms with E-state index in [0.717, 1.165) is 4.57 Å². The Labute approximate surface area is 117 Å². The van der Waals surface area contributed by atoms with Gasteiger partial charge in [-0.2, -0.15) is 0 Å². The second-order valence-corrected chi connectivity index (χ2v) is 3.81. The van der Waals surface area contributed by atoms with Crippen LogP contribution < -0.4 is 0 Å². The SMILES string of the molecule is O=Cc1ccnc(C=O)c1-c1c(C=O)nc(C=O)n1C=O. The van der Waals surface area contributed by atoms with Crippen LogP contribution in [0.5, 0.6) is 0 Å². The van der Waals surface area contributed by atoms with E-state index in [-0.39, 0.29) is 46.7 Å². The number of hydrogen-bond donors (Lipinski definition) is 0. The van der Waals surface area contributed by atoms with Crippen molar-refractivity contribution in [1.82, 2.24) is 14.5 Å². The first-order valence-corrected chi connectivity index (χ1v) is 5.59. The third-order valence-electron chi connectivity index (χ3n) is 2.78. The van der Waals surface area contributed by atoms with Crippen LogP contribution in [0.3, 0.4) is 0 Å². The Bertz CT molecular complexity index is 737. The lowest BCUT2D eigenvalue weighted by Gasteiger charge is -2.08. The molecule has 0 saturated heterocycles. The van der Waals surface area contributed by atoms with Gasteiger partial charge in [0.2, 0.25) is 6.41 Å². The predicted molar refractivity (Wildman–Crippen MR) is 69.2 cm³/mol. The number of nitrogens with zero attached hydrogens (tertiary/aromatic N) is 3. The molecular weight excluding hydrogens is 278 g/mol. The number of carbonyl (C=O) groups is 5. The largest absolute Gasteiger partial charge is 0.298 e. The van der Waals surface area contributed by atoms with E-state index >= 15 is 0 Å². The Hall–Kier alpha value is -3.29. The highest BCUT2D eigenvalue weighted by molar-refractivity contribution is 6.00. The molecule has 8 nitrogen and oxygen atoms in total. The summed E-state index contributed by atoms with van der Waals surface area (Å²) in [6.07, 6.45) is 2.91. The van der Waals surface area contributed by atoms with Crippen LogP contribution in [0.4, 0.5) is 0 Å². The molecule has 0 aliphatic heterocycles. The lowest BCUT2D eigenvalue weighted by Crippen LogP contribution is -2.07. The summed E-state index contributed by atoms with van der Waals surface area (Å²) >= 11 is 0. The van der Waals surface area contributed by atoms with Crippen molar-refractivity contribution in [2.24, 2.45) is 0 Å². The maximum atomic E-state index is 11.2. The van der Waals surface area contributed by atoms with Crippen molar-refractivity contribution >= 4 is 31.6 Å². The fourth-order valence-electron chi connectivity index (χ4n) is 1.93. The first-order valence-electron chi connectivity index (χ1n) is 5.59. The maximum absolute atomic E-state index is 11.2. The molecule has 0 aromatic carbocycles. The Morgan fingerprint density at radius 1 is 0.905 bits per heavy atom. The van der Waals surface area contributed by atoms with Crippen molar-refractivity contribution in [2.45, 2.75) is 0 Å². The Morgan fingerprint density at radius 2 is 1.62 bits per heavy atom. The van der Waals surface area contributed by atoms with Gasteiger partial charge >= 0.3 is 0 Å². The molecule has 104 valence electrons. The summed E-state index contributed by atoms with van der Waals surface area (Å²) in [5, 5.41) is 0. The summed E-state index contributed by atoms with van der Waals surface area (Å²) < 4.78 is 0.785. The predicted octanol–water partition coefficient (Wildman–Crippen LogP) is 0.233. The van der Waals surface area contributed by atoms with Crippen molar-refractivity contribution in [3.05, 3.63) is 35.0 Å². The molecule has 0 fully saturated rings. The molecule has 0 aliphatic carbocycles. The highest BCUT2D eigenvalue weighted by Gasteiger charge is 2.23. The molecule has 21 heavy (non-hydrogen) atoms. The van der Waals surface area contributed by atoms with Crippen molar-refractivity contribution in [1.29, 1.82) is 0 Å². The monoisotopic (exact) mass is 285 g/mol. The standard InChI is InChI=1S/C13H7N3O5/c17-3-8-1-2-14-9(4-18)12(8)13-10(5-19)15-11(6-20)16(13)7-21/h1-7H. The first-order chi connectivity index (χ1) is 10.2. The van der Waals surface area contributed by atoms with Gasteiger partial charge in [0.25, 0.3) is 0 Å². The number of pyridine rings is 1. The summed E-state index contributed by atoms with van der Waals surface area (Å²) in [4.78, 5) is 62.8. The molecule has 2 aromatic heterocycles. The molecule has 2 rings (SSSR count). The highest BCUT2D eigenvalue weighted by atomic mass is 16.1. The van der Waals surface area contributed by atoms with E-state index in [0.29, 0.717) is 18.9 Å². The number of imidazole rings is 1. The fraction of sp³-hybridized carbons (Fsp3) is 0. The number of carbonyl (C=O) groups excluding carboxylic acids is 5. The van der Waals surface area contributed by atoms with Gasteiger partial charge < -0.3 is 0 Å². The third-order valence-corrected chi connectivity index (χ3v) is 2.78. The van der Waals surface area contributed by atoms with E-state index in [1.165, 1.54) is 12.3 Å². The van der Waals surface area contributed by atoms with Crippen LogP contribution in [0.1, 0.15) is 42.0 Å². The van der Waals surface area contributed by atoms with E-state index in [1.54, 1.807) is 0 Å². The average Bonchev–Trinajstić information content (AvgIpc) is 2.90. The van der Waals surface area contributed by atoms with Gasteiger partial charge in [0.05, 0.1) is 5.69 Å². The molecule has 0 saturated carbocycles. The molecule has 0 bridgehead atoms. The van der Waals surface area contributed by atoms with Crippen molar-refractivity contribution in [3.63, 3.8) is 0 Å². The molecular formula is C13H7N3O5. The zero-order valence-corrected chi connectivity index (χ0v) is 10.4. The van der Waals surface area contributed by atoms with E-state index in [2.05, 4.69) is 9.97 Å². The van der Waals surface area contributed by atoms with Gasteiger partial charge in [0.1, 0.15) is 11.4 Å². The molecule has 2 aromatic rings. The smallest absolute Gasteiger partial charge is 0.220 e. The maximum Gasteiger partial charge on any atom is 0.220 e. The lowest BCUT2D eigenvalue weighted by molar-refractivity contribution is 0.110. The van der Waals surface area contributed by atoms with Gasteiger partial charge in [-0.3, -0.25) is 33.5 Å². The summed E-state index contributed by atoms with van der Waals surface area (Å²) in [6, 6.07) is 1.31. The van der Waals surface area contributed by atoms with Gasteiger partial charge in [-0.15, -0.1) is 0 Å². The Balaban J connectivity index is 2.96. The van der Waals surface area contributed by atoms with Crippen LogP contribution in [-0.4, -0.2) is 46.1 Å². The zero-order chi connectivity index (χ0) is 15.4. The van der Waals surface area contributed by atoms with Crippen LogP contribution in [0, 0.1) is 0 Å². The molecule has 0 amide bonds. The van der Waals surface area contributed by atoms with E-state index in [4.69, 9.17) is 0 Å². The lowest BCUT2D eigenvalue weighted by atomic mass is 10.0. The number of rotatable bonds is 6. The Morgan fingerprint density at radius 3 is 2.14 bits per heavy atom. The van der Waals surface area contributed by atoms with Gasteiger partial charge in [0, 0.05) is 17.3 Å². The van der Waals surface area contributed by atoms with Crippen LogP contribution in [0.25, 0.3) is 11.3 Å². The van der Waals surface area contributed by atoms with Crippen molar-refractivity contribution in [3.8, 4) is 11.3 Å². The summed E-state index contributed by atoms with van der Waals surface area (Å²) in [6.45, 7) is 0. The normalized spacial score (nSPS) is 9.90. The average molecular weight is 285 g/mol. The van der Waals surface area contributed by atoms with Gasteiger partial charge in [-0.1, -0.05) is 0 Å². The van der Waals surface area contributed by atoms with Crippen molar-refractivity contribution in [2.75, 3.05) is 0 Å².